The number of benzene rings is 4. The Kier molecular flexibility index (Phi) is 9.29. The Morgan fingerprint density at radius 3 is 2.27 bits per heavy atom. The fourth-order valence-corrected chi connectivity index (χ4v) is 5.94. The number of thioether (sulfide) groups is 1. The van der Waals surface area contributed by atoms with Crippen LogP contribution in [0.25, 0.3) is 5.69 Å². The second-order valence-electron chi connectivity index (χ2n) is 9.71. The molecule has 4 aromatic carbocycles. The van der Waals surface area contributed by atoms with Crippen LogP contribution in [0.3, 0.4) is 0 Å². The molecule has 1 atom stereocenters. The van der Waals surface area contributed by atoms with Crippen molar-refractivity contribution in [2.24, 2.45) is 0 Å². The number of amides is 2. The van der Waals surface area contributed by atoms with Crippen LogP contribution in [-0.4, -0.2) is 20.8 Å². The molecule has 6 nitrogen and oxygen atoms in total. The first-order valence-electron chi connectivity index (χ1n) is 13.1. The van der Waals surface area contributed by atoms with Crippen LogP contribution in [0.15, 0.2) is 102 Å². The molecule has 0 aliphatic rings. The van der Waals surface area contributed by atoms with Gasteiger partial charge in [0.25, 0.3) is 0 Å². The summed E-state index contributed by atoms with van der Waals surface area (Å²) in [7, 11) is 0. The van der Waals surface area contributed by atoms with Gasteiger partial charge in [0.15, 0.2) is 11.0 Å². The minimum atomic E-state index is -0.520. The quantitative estimate of drug-likeness (QED) is 0.166. The van der Waals surface area contributed by atoms with Crippen LogP contribution in [0.1, 0.15) is 34.1 Å². The van der Waals surface area contributed by atoms with Crippen LogP contribution in [0.4, 0.5) is 10.5 Å². The fourth-order valence-electron chi connectivity index (χ4n) is 4.54. The predicted octanol–water partition coefficient (Wildman–Crippen LogP) is 8.59. The molecule has 208 valence electrons. The van der Waals surface area contributed by atoms with E-state index in [0.29, 0.717) is 38.9 Å². The number of nitrogens with one attached hydrogen (secondary N) is 2. The van der Waals surface area contributed by atoms with Crippen molar-refractivity contribution in [1.82, 2.24) is 20.1 Å². The molecule has 0 spiro atoms. The molecule has 2 amide bonds. The number of hydrogen-bond acceptors (Lipinski definition) is 4. The van der Waals surface area contributed by atoms with Crippen molar-refractivity contribution >= 4 is 46.7 Å². The summed E-state index contributed by atoms with van der Waals surface area (Å²) >= 11 is 14.5. The van der Waals surface area contributed by atoms with E-state index < -0.39 is 6.04 Å². The lowest BCUT2D eigenvalue weighted by atomic mass is 10.1. The molecule has 0 bridgehead atoms. The summed E-state index contributed by atoms with van der Waals surface area (Å²) < 4.78 is 1.91. The molecule has 0 aliphatic heterocycles. The van der Waals surface area contributed by atoms with Crippen molar-refractivity contribution < 1.29 is 4.79 Å². The van der Waals surface area contributed by atoms with E-state index in [0.717, 1.165) is 27.9 Å². The smallest absolute Gasteiger partial charge is 0.319 e. The Labute approximate surface area is 254 Å². The first-order chi connectivity index (χ1) is 19.9. The van der Waals surface area contributed by atoms with Crippen LogP contribution in [0.2, 0.25) is 10.0 Å². The van der Waals surface area contributed by atoms with E-state index in [9.17, 15) is 4.79 Å². The normalized spacial score (nSPS) is 11.7. The highest BCUT2D eigenvalue weighted by Crippen LogP contribution is 2.33. The number of urea groups is 1. The molecule has 2 N–H and O–H groups in total. The number of halogens is 2. The molecule has 0 saturated carbocycles. The zero-order valence-electron chi connectivity index (χ0n) is 22.6. The van der Waals surface area contributed by atoms with Crippen molar-refractivity contribution in [1.29, 1.82) is 0 Å². The van der Waals surface area contributed by atoms with E-state index in [-0.39, 0.29) is 6.03 Å². The van der Waals surface area contributed by atoms with Crippen LogP contribution in [0.5, 0.6) is 0 Å². The largest absolute Gasteiger partial charge is 0.327 e. The summed E-state index contributed by atoms with van der Waals surface area (Å²) in [5.74, 6) is 1.25. The van der Waals surface area contributed by atoms with Gasteiger partial charge in [-0.3, -0.25) is 4.57 Å². The summed E-state index contributed by atoms with van der Waals surface area (Å²) in [5, 5.41) is 17.0. The van der Waals surface area contributed by atoms with Gasteiger partial charge in [-0.1, -0.05) is 113 Å². The average molecular weight is 603 g/mol. The maximum absolute atomic E-state index is 13.4. The van der Waals surface area contributed by atoms with Crippen molar-refractivity contribution in [3.8, 4) is 5.69 Å². The molecule has 0 fully saturated rings. The lowest BCUT2D eigenvalue weighted by Crippen LogP contribution is -2.35. The highest BCUT2D eigenvalue weighted by molar-refractivity contribution is 7.98. The number of nitrogens with zero attached hydrogens (tertiary/aromatic N) is 3. The van der Waals surface area contributed by atoms with Gasteiger partial charge in [-0.05, 0) is 54.8 Å². The van der Waals surface area contributed by atoms with Crippen molar-refractivity contribution in [3.05, 3.63) is 135 Å². The van der Waals surface area contributed by atoms with Gasteiger partial charge in [0.05, 0.1) is 16.8 Å². The highest BCUT2D eigenvalue weighted by Gasteiger charge is 2.26. The molecular formula is C32H29Cl2N5OS. The minimum absolute atomic E-state index is 0.340. The second kappa shape index (κ2) is 13.3. The summed E-state index contributed by atoms with van der Waals surface area (Å²) in [6.07, 6.45) is 0.494. The third-order valence-electron chi connectivity index (χ3n) is 6.55. The Balaban J connectivity index is 1.53. The van der Waals surface area contributed by atoms with Gasteiger partial charge in [0.2, 0.25) is 0 Å². The van der Waals surface area contributed by atoms with Gasteiger partial charge in [0, 0.05) is 22.9 Å². The molecular weight excluding hydrogens is 573 g/mol. The zero-order chi connectivity index (χ0) is 28.8. The van der Waals surface area contributed by atoms with Gasteiger partial charge in [0.1, 0.15) is 0 Å². The molecule has 5 rings (SSSR count). The van der Waals surface area contributed by atoms with Crippen LogP contribution >= 0.6 is 35.0 Å². The third kappa shape index (κ3) is 7.30. The Hall–Kier alpha value is -3.78. The van der Waals surface area contributed by atoms with E-state index in [1.165, 1.54) is 0 Å². The summed E-state index contributed by atoms with van der Waals surface area (Å²) in [5.41, 5.74) is 5.73. The van der Waals surface area contributed by atoms with E-state index in [2.05, 4.69) is 33.0 Å². The van der Waals surface area contributed by atoms with Crippen molar-refractivity contribution in [2.75, 3.05) is 5.32 Å². The molecule has 5 aromatic rings. The maximum atomic E-state index is 13.4. The van der Waals surface area contributed by atoms with Gasteiger partial charge in [-0.2, -0.15) is 0 Å². The van der Waals surface area contributed by atoms with Crippen LogP contribution in [0, 0.1) is 13.8 Å². The molecule has 41 heavy (non-hydrogen) atoms. The van der Waals surface area contributed by atoms with E-state index in [4.69, 9.17) is 23.2 Å². The molecule has 9 heteroatoms. The maximum Gasteiger partial charge on any atom is 0.319 e. The number of aromatic nitrogens is 3. The number of carbonyl (C=O) groups excluding carboxylic acids is 1. The first kappa shape index (κ1) is 28.7. The van der Waals surface area contributed by atoms with Crippen molar-refractivity contribution in [3.63, 3.8) is 0 Å². The van der Waals surface area contributed by atoms with Crippen LogP contribution in [-0.2, 0) is 12.2 Å². The molecule has 1 heterocycles. The predicted molar refractivity (Wildman–Crippen MR) is 168 cm³/mol. The highest BCUT2D eigenvalue weighted by atomic mass is 35.5. The monoisotopic (exact) mass is 601 g/mol. The second-order valence-corrected chi connectivity index (χ2v) is 11.5. The van der Waals surface area contributed by atoms with Gasteiger partial charge < -0.3 is 10.6 Å². The standard InChI is InChI=1S/C32H29Cl2N5OS/c1-21-13-15-27(22(2)17-21)35-31(40)36-28(18-23-9-5-3-6-10-23)30-37-38-32(41-20-24-11-7-4-8-12-24)39(30)29-16-14-25(33)19-26(29)34/h3-17,19,28H,18,20H2,1-2H3,(H2,35,36,40). The Morgan fingerprint density at radius 2 is 1.59 bits per heavy atom. The average Bonchev–Trinajstić information content (AvgIpc) is 3.38. The van der Waals surface area contributed by atoms with Gasteiger partial charge in [-0.25, -0.2) is 4.79 Å². The third-order valence-corrected chi connectivity index (χ3v) is 8.09. The Bertz CT molecular complexity index is 1640. The first-order valence-corrected chi connectivity index (χ1v) is 14.9. The molecule has 0 radical (unpaired) electrons. The summed E-state index contributed by atoms with van der Waals surface area (Å²) in [4.78, 5) is 13.4. The molecule has 0 aliphatic carbocycles. The lowest BCUT2D eigenvalue weighted by Gasteiger charge is -2.21. The Morgan fingerprint density at radius 1 is 0.878 bits per heavy atom. The number of rotatable bonds is 9. The van der Waals surface area contributed by atoms with Gasteiger partial charge >= 0.3 is 6.03 Å². The molecule has 0 saturated heterocycles. The molecule has 1 aromatic heterocycles. The van der Waals surface area contributed by atoms with E-state index in [1.807, 2.05) is 91.2 Å². The minimum Gasteiger partial charge on any atom is -0.327 e. The number of hydrogen-bond donors (Lipinski definition) is 2. The summed E-state index contributed by atoms with van der Waals surface area (Å²) in [6, 6.07) is 30.5. The van der Waals surface area contributed by atoms with Crippen molar-refractivity contribution in [2.45, 2.75) is 37.2 Å². The zero-order valence-corrected chi connectivity index (χ0v) is 25.0. The van der Waals surface area contributed by atoms with Gasteiger partial charge in [-0.15, -0.1) is 10.2 Å². The fraction of sp³-hybridized carbons (Fsp3) is 0.156. The van der Waals surface area contributed by atoms with E-state index in [1.54, 1.807) is 23.9 Å². The summed E-state index contributed by atoms with van der Waals surface area (Å²) in [6.45, 7) is 3.99. The molecule has 1 unspecified atom stereocenters. The SMILES string of the molecule is Cc1ccc(NC(=O)NC(Cc2ccccc2)c2nnc(SCc3ccccc3)n2-c2ccc(Cl)cc2Cl)c(C)c1. The number of anilines is 1. The lowest BCUT2D eigenvalue weighted by molar-refractivity contribution is 0.247. The topological polar surface area (TPSA) is 71.8 Å². The van der Waals surface area contributed by atoms with E-state index >= 15 is 0 Å². The van der Waals surface area contributed by atoms with Crippen LogP contribution < -0.4 is 10.6 Å². The number of carbonyl (C=O) groups is 1. The number of aryl methyl sites for hydroxylation is 2.